The van der Waals surface area contributed by atoms with Crippen molar-refractivity contribution in [1.82, 2.24) is 9.55 Å². The van der Waals surface area contributed by atoms with E-state index in [2.05, 4.69) is 4.98 Å². The van der Waals surface area contributed by atoms with Crippen molar-refractivity contribution in [3.8, 4) is 17.3 Å². The zero-order chi connectivity index (χ0) is 22.0. The summed E-state index contributed by atoms with van der Waals surface area (Å²) in [6, 6.07) is 16.6. The molecule has 0 amide bonds. The maximum Gasteiger partial charge on any atom is 0.417 e. The first-order chi connectivity index (χ1) is 14.8. The molecule has 0 aliphatic heterocycles. The molecule has 2 aromatic heterocycles. The van der Waals surface area contributed by atoms with Crippen molar-refractivity contribution >= 4 is 22.9 Å². The summed E-state index contributed by atoms with van der Waals surface area (Å²) < 4.78 is 45.4. The third-order valence-electron chi connectivity index (χ3n) is 4.55. The van der Waals surface area contributed by atoms with Crippen LogP contribution in [0.3, 0.4) is 0 Å². The molecule has 5 nitrogen and oxygen atoms in total. The number of benzene rings is 2. The van der Waals surface area contributed by atoms with Gasteiger partial charge < -0.3 is 14.4 Å². The molecule has 0 saturated carbocycles. The van der Waals surface area contributed by atoms with Crippen LogP contribution < -0.4 is 4.74 Å². The van der Waals surface area contributed by atoms with E-state index in [1.165, 1.54) is 6.08 Å². The number of pyridine rings is 1. The Balaban J connectivity index is 1.60. The molecule has 0 fully saturated rings. The highest BCUT2D eigenvalue weighted by molar-refractivity contribution is 5.94. The number of hydrogen-bond donors (Lipinski definition) is 1. The van der Waals surface area contributed by atoms with Crippen molar-refractivity contribution in [2.75, 3.05) is 0 Å². The van der Waals surface area contributed by atoms with Gasteiger partial charge in [0.2, 0.25) is 5.88 Å². The van der Waals surface area contributed by atoms with Crippen LogP contribution in [0, 0.1) is 0 Å². The first kappa shape index (κ1) is 20.2. The summed E-state index contributed by atoms with van der Waals surface area (Å²) >= 11 is 0. The fourth-order valence-electron chi connectivity index (χ4n) is 3.12. The van der Waals surface area contributed by atoms with Gasteiger partial charge in [0.1, 0.15) is 5.75 Å². The number of halogens is 3. The second-order valence-corrected chi connectivity index (χ2v) is 6.62. The highest BCUT2D eigenvalue weighted by atomic mass is 19.4. The van der Waals surface area contributed by atoms with Crippen LogP contribution >= 0.6 is 0 Å². The van der Waals surface area contributed by atoms with E-state index < -0.39 is 17.7 Å². The quantitative estimate of drug-likeness (QED) is 0.403. The molecule has 0 saturated heterocycles. The van der Waals surface area contributed by atoms with Gasteiger partial charge in [0.15, 0.2) is 0 Å². The molecule has 0 unspecified atom stereocenters. The van der Waals surface area contributed by atoms with Crippen molar-refractivity contribution in [3.63, 3.8) is 0 Å². The van der Waals surface area contributed by atoms with Crippen molar-refractivity contribution in [1.29, 1.82) is 0 Å². The fraction of sp³-hybridized carbons (Fsp3) is 0.0435. The Morgan fingerprint density at radius 2 is 1.77 bits per heavy atom. The molecular weight excluding hydrogens is 409 g/mol. The van der Waals surface area contributed by atoms with E-state index in [4.69, 9.17) is 9.84 Å². The summed E-state index contributed by atoms with van der Waals surface area (Å²) in [6.07, 6.45) is 0.722. The van der Waals surface area contributed by atoms with E-state index in [0.29, 0.717) is 5.75 Å². The summed E-state index contributed by atoms with van der Waals surface area (Å²) in [6.45, 7) is 0. The van der Waals surface area contributed by atoms with Crippen LogP contribution in [0.15, 0.2) is 79.1 Å². The monoisotopic (exact) mass is 424 g/mol. The van der Waals surface area contributed by atoms with Crippen molar-refractivity contribution in [3.05, 3.63) is 90.3 Å². The Kier molecular flexibility index (Phi) is 5.21. The number of carboxylic acids is 1. The van der Waals surface area contributed by atoms with Gasteiger partial charge in [0, 0.05) is 41.2 Å². The Hall–Kier alpha value is -4.07. The standard InChI is InChI=1S/C23H15F3N2O3/c24-23(25,26)16-6-11-21(27-13-16)31-18-9-7-17(8-10-18)28-14-15(5-12-22(29)30)19-3-1-2-4-20(19)28/h1-14H,(H,29,30)/b12-5+. The number of alkyl halides is 3. The third-order valence-corrected chi connectivity index (χ3v) is 4.55. The molecule has 0 spiro atoms. The second-order valence-electron chi connectivity index (χ2n) is 6.62. The highest BCUT2D eigenvalue weighted by Gasteiger charge is 2.30. The maximum absolute atomic E-state index is 12.6. The molecule has 2 heterocycles. The van der Waals surface area contributed by atoms with E-state index in [-0.39, 0.29) is 5.88 Å². The number of ether oxygens (including phenoxy) is 1. The largest absolute Gasteiger partial charge is 0.478 e. The molecule has 31 heavy (non-hydrogen) atoms. The Labute approximate surface area is 174 Å². The lowest BCUT2D eigenvalue weighted by Gasteiger charge is -2.09. The van der Waals surface area contributed by atoms with Gasteiger partial charge in [-0.15, -0.1) is 0 Å². The Morgan fingerprint density at radius 3 is 2.42 bits per heavy atom. The number of carbonyl (C=O) groups is 1. The number of nitrogens with zero attached hydrogens (tertiary/aromatic N) is 2. The Morgan fingerprint density at radius 1 is 1.03 bits per heavy atom. The first-order valence-electron chi connectivity index (χ1n) is 9.14. The van der Waals surface area contributed by atoms with Gasteiger partial charge in [-0.1, -0.05) is 18.2 Å². The van der Waals surface area contributed by atoms with E-state index in [1.807, 2.05) is 35.0 Å². The van der Waals surface area contributed by atoms with Gasteiger partial charge >= 0.3 is 12.1 Å². The molecular formula is C23H15F3N2O3. The Bertz CT molecular complexity index is 1260. The SMILES string of the molecule is O=C(O)/C=C/c1cn(-c2ccc(Oc3ccc(C(F)(F)F)cn3)cc2)c2ccccc12. The zero-order valence-electron chi connectivity index (χ0n) is 15.9. The van der Waals surface area contributed by atoms with Gasteiger partial charge in [-0.05, 0) is 42.5 Å². The summed E-state index contributed by atoms with van der Waals surface area (Å²) in [5.74, 6) is -0.568. The van der Waals surface area contributed by atoms with Crippen LogP contribution in [0.5, 0.6) is 11.6 Å². The molecule has 156 valence electrons. The van der Waals surface area contributed by atoms with Gasteiger partial charge in [-0.25, -0.2) is 9.78 Å². The molecule has 8 heteroatoms. The molecule has 0 atom stereocenters. The second kappa shape index (κ2) is 7.98. The van der Waals surface area contributed by atoms with Gasteiger partial charge in [0.05, 0.1) is 11.1 Å². The molecule has 0 aliphatic carbocycles. The fourth-order valence-corrected chi connectivity index (χ4v) is 3.12. The molecule has 0 radical (unpaired) electrons. The molecule has 0 bridgehead atoms. The van der Waals surface area contributed by atoms with Crippen molar-refractivity contribution < 1.29 is 27.8 Å². The number of hydrogen-bond acceptors (Lipinski definition) is 3. The first-order valence-corrected chi connectivity index (χ1v) is 9.14. The van der Waals surface area contributed by atoms with Gasteiger partial charge in [-0.3, -0.25) is 0 Å². The molecule has 4 aromatic rings. The molecule has 2 aromatic carbocycles. The predicted molar refractivity (Wildman–Crippen MR) is 109 cm³/mol. The van der Waals surface area contributed by atoms with Crippen LogP contribution in [0.2, 0.25) is 0 Å². The van der Waals surface area contributed by atoms with Crippen molar-refractivity contribution in [2.24, 2.45) is 0 Å². The molecule has 0 aliphatic rings. The van der Waals surface area contributed by atoms with Crippen LogP contribution in [0.4, 0.5) is 13.2 Å². The highest BCUT2D eigenvalue weighted by Crippen LogP contribution is 2.31. The number of aromatic nitrogens is 2. The smallest absolute Gasteiger partial charge is 0.417 e. The summed E-state index contributed by atoms with van der Waals surface area (Å²) in [5.41, 5.74) is 1.61. The summed E-state index contributed by atoms with van der Waals surface area (Å²) in [7, 11) is 0. The van der Waals surface area contributed by atoms with E-state index in [0.717, 1.165) is 46.6 Å². The minimum Gasteiger partial charge on any atom is -0.478 e. The van der Waals surface area contributed by atoms with E-state index in [9.17, 15) is 18.0 Å². The summed E-state index contributed by atoms with van der Waals surface area (Å²) in [5, 5.41) is 9.81. The minimum atomic E-state index is -4.45. The van der Waals surface area contributed by atoms with E-state index >= 15 is 0 Å². The third kappa shape index (κ3) is 4.42. The van der Waals surface area contributed by atoms with Gasteiger partial charge in [-0.2, -0.15) is 13.2 Å². The normalized spacial score (nSPS) is 11.8. The number of para-hydroxylation sites is 1. The molecule has 1 N–H and O–H groups in total. The minimum absolute atomic E-state index is 0.0493. The van der Waals surface area contributed by atoms with Crippen LogP contribution in [-0.4, -0.2) is 20.6 Å². The number of carboxylic acid groups (broad SMARTS) is 1. The van der Waals surface area contributed by atoms with Crippen molar-refractivity contribution in [2.45, 2.75) is 6.18 Å². The lowest BCUT2D eigenvalue weighted by atomic mass is 10.1. The lowest BCUT2D eigenvalue weighted by Crippen LogP contribution is -2.05. The number of rotatable bonds is 5. The predicted octanol–water partition coefficient (Wildman–Crippen LogP) is 5.93. The van der Waals surface area contributed by atoms with Crippen LogP contribution in [0.25, 0.3) is 22.7 Å². The number of aliphatic carboxylic acids is 1. The summed E-state index contributed by atoms with van der Waals surface area (Å²) in [4.78, 5) is 14.6. The van der Waals surface area contributed by atoms with Crippen LogP contribution in [-0.2, 0) is 11.0 Å². The average molecular weight is 424 g/mol. The molecule has 4 rings (SSSR count). The maximum atomic E-state index is 12.6. The topological polar surface area (TPSA) is 64.3 Å². The zero-order valence-corrected chi connectivity index (χ0v) is 15.9. The van der Waals surface area contributed by atoms with Crippen LogP contribution in [0.1, 0.15) is 11.1 Å². The van der Waals surface area contributed by atoms with Gasteiger partial charge in [0.25, 0.3) is 0 Å². The number of fused-ring (bicyclic) bond motifs is 1. The van der Waals surface area contributed by atoms with E-state index in [1.54, 1.807) is 24.3 Å². The average Bonchev–Trinajstić information content (AvgIpc) is 3.11. The lowest BCUT2D eigenvalue weighted by molar-refractivity contribution is -0.138.